The van der Waals surface area contributed by atoms with Crippen LogP contribution < -0.4 is 0 Å². The fourth-order valence-corrected chi connectivity index (χ4v) is 2.56. The van der Waals surface area contributed by atoms with Gasteiger partial charge in [0.25, 0.3) is 0 Å². The van der Waals surface area contributed by atoms with Crippen LogP contribution in [0.2, 0.25) is 0 Å². The van der Waals surface area contributed by atoms with Gasteiger partial charge in [-0.1, -0.05) is 30.3 Å². The third-order valence-corrected chi connectivity index (χ3v) is 3.62. The van der Waals surface area contributed by atoms with Crippen LogP contribution in [0.25, 0.3) is 0 Å². The highest BCUT2D eigenvalue weighted by atomic mass is 16.8. The van der Waals surface area contributed by atoms with Crippen molar-refractivity contribution in [3.63, 3.8) is 0 Å². The molecule has 1 unspecified atom stereocenters. The standard InChI is InChI=1S/C14H18O5/c1-8-10(15)11-12(14(16-2)17-8)19-13(18-11)9-6-4-3-5-7-9/h3-8,10-15H,1-2H3/t8-,10-,11+,12+,13?,14+/m1/s1. The largest absolute Gasteiger partial charge is 0.388 e. The normalized spacial score (nSPS) is 42.1. The summed E-state index contributed by atoms with van der Waals surface area (Å²) >= 11 is 0. The van der Waals surface area contributed by atoms with E-state index in [1.54, 1.807) is 14.0 Å². The number of methoxy groups -OCH3 is 1. The maximum Gasteiger partial charge on any atom is 0.186 e. The summed E-state index contributed by atoms with van der Waals surface area (Å²) in [5.74, 6) is 0. The third-order valence-electron chi connectivity index (χ3n) is 3.62. The fourth-order valence-electron chi connectivity index (χ4n) is 2.56. The number of hydrogen-bond donors (Lipinski definition) is 1. The summed E-state index contributed by atoms with van der Waals surface area (Å²) < 4.78 is 22.5. The van der Waals surface area contributed by atoms with Crippen molar-refractivity contribution < 1.29 is 24.1 Å². The number of aliphatic hydroxyl groups excluding tert-OH is 1. The van der Waals surface area contributed by atoms with Gasteiger partial charge in [-0.15, -0.1) is 0 Å². The Hall–Kier alpha value is -0.980. The first-order chi connectivity index (χ1) is 9.20. The van der Waals surface area contributed by atoms with Crippen molar-refractivity contribution in [1.82, 2.24) is 0 Å². The molecule has 0 saturated carbocycles. The highest BCUT2D eigenvalue weighted by Crippen LogP contribution is 2.38. The maximum atomic E-state index is 10.1. The van der Waals surface area contributed by atoms with Crippen molar-refractivity contribution in [3.8, 4) is 0 Å². The number of hydrogen-bond acceptors (Lipinski definition) is 5. The first-order valence-electron chi connectivity index (χ1n) is 6.43. The second kappa shape index (κ2) is 5.19. The number of ether oxygens (including phenoxy) is 4. The Bertz CT molecular complexity index is 417. The number of benzene rings is 1. The molecule has 0 amide bonds. The Morgan fingerprint density at radius 2 is 1.74 bits per heavy atom. The summed E-state index contributed by atoms with van der Waals surface area (Å²) in [6, 6.07) is 9.64. The van der Waals surface area contributed by atoms with Gasteiger partial charge >= 0.3 is 0 Å². The second-order valence-electron chi connectivity index (χ2n) is 4.88. The van der Waals surface area contributed by atoms with Gasteiger partial charge in [0, 0.05) is 12.7 Å². The minimum absolute atomic E-state index is 0.343. The van der Waals surface area contributed by atoms with E-state index in [1.807, 2.05) is 30.3 Å². The Morgan fingerprint density at radius 1 is 1.05 bits per heavy atom. The maximum absolute atomic E-state index is 10.1. The van der Waals surface area contributed by atoms with Crippen LogP contribution in [0, 0.1) is 0 Å². The zero-order chi connectivity index (χ0) is 13.4. The van der Waals surface area contributed by atoms with Crippen LogP contribution in [-0.4, -0.2) is 42.9 Å². The minimum Gasteiger partial charge on any atom is -0.388 e. The topological polar surface area (TPSA) is 57.2 Å². The Labute approximate surface area is 112 Å². The second-order valence-corrected chi connectivity index (χ2v) is 4.88. The first kappa shape index (κ1) is 13.0. The number of fused-ring (bicyclic) bond motifs is 1. The third kappa shape index (κ3) is 2.28. The number of rotatable bonds is 2. The molecule has 3 rings (SSSR count). The monoisotopic (exact) mass is 266 g/mol. The molecule has 2 heterocycles. The molecule has 2 fully saturated rings. The van der Waals surface area contributed by atoms with Gasteiger partial charge in [0.05, 0.1) is 6.10 Å². The molecule has 2 aliphatic rings. The van der Waals surface area contributed by atoms with Crippen molar-refractivity contribution in [2.45, 2.75) is 43.9 Å². The van der Waals surface area contributed by atoms with E-state index in [0.717, 1.165) is 5.56 Å². The van der Waals surface area contributed by atoms with Gasteiger partial charge in [0.15, 0.2) is 12.6 Å². The molecular formula is C14H18O5. The van der Waals surface area contributed by atoms with Crippen LogP contribution >= 0.6 is 0 Å². The Morgan fingerprint density at radius 3 is 2.42 bits per heavy atom. The summed E-state index contributed by atoms with van der Waals surface area (Å²) in [5.41, 5.74) is 0.923. The highest BCUT2D eigenvalue weighted by molar-refractivity contribution is 5.17. The molecule has 2 aliphatic heterocycles. The number of aliphatic hydroxyl groups is 1. The lowest BCUT2D eigenvalue weighted by atomic mass is 10.0. The van der Waals surface area contributed by atoms with Crippen LogP contribution in [-0.2, 0) is 18.9 Å². The molecule has 5 nitrogen and oxygen atoms in total. The summed E-state index contributed by atoms with van der Waals surface area (Å²) in [4.78, 5) is 0. The molecule has 1 N–H and O–H groups in total. The Balaban J connectivity index is 1.81. The van der Waals surface area contributed by atoms with Gasteiger partial charge in [0.2, 0.25) is 0 Å². The lowest BCUT2D eigenvalue weighted by Gasteiger charge is -2.37. The minimum atomic E-state index is -0.717. The van der Waals surface area contributed by atoms with E-state index < -0.39 is 30.9 Å². The van der Waals surface area contributed by atoms with Crippen LogP contribution in [0.5, 0.6) is 0 Å². The molecule has 0 spiro atoms. The zero-order valence-corrected chi connectivity index (χ0v) is 10.9. The van der Waals surface area contributed by atoms with Crippen LogP contribution in [0.4, 0.5) is 0 Å². The van der Waals surface area contributed by atoms with Crippen molar-refractivity contribution in [2.24, 2.45) is 0 Å². The molecule has 104 valence electrons. The summed E-state index contributed by atoms with van der Waals surface area (Å²) in [6.07, 6.45) is -2.91. The molecule has 19 heavy (non-hydrogen) atoms. The molecule has 1 aromatic rings. The van der Waals surface area contributed by atoms with E-state index in [2.05, 4.69) is 0 Å². The summed E-state index contributed by atoms with van der Waals surface area (Å²) in [7, 11) is 1.56. The first-order valence-corrected chi connectivity index (χ1v) is 6.43. The van der Waals surface area contributed by atoms with Crippen molar-refractivity contribution in [1.29, 1.82) is 0 Å². The van der Waals surface area contributed by atoms with E-state index in [-0.39, 0.29) is 6.10 Å². The van der Waals surface area contributed by atoms with E-state index in [0.29, 0.717) is 0 Å². The summed E-state index contributed by atoms with van der Waals surface area (Å²) in [5, 5.41) is 10.1. The summed E-state index contributed by atoms with van der Waals surface area (Å²) in [6.45, 7) is 1.80. The Kier molecular flexibility index (Phi) is 3.56. The SMILES string of the molecule is CO[C@H]1O[C@H](C)[C@@H](O)[C@@H]2OC(c3ccccc3)O[C@H]12. The molecular weight excluding hydrogens is 248 g/mol. The predicted octanol–water partition coefficient (Wildman–Crippen LogP) is 1.22. The lowest BCUT2D eigenvalue weighted by molar-refractivity contribution is -0.261. The van der Waals surface area contributed by atoms with Gasteiger partial charge in [-0.3, -0.25) is 0 Å². The van der Waals surface area contributed by atoms with Gasteiger partial charge in [0.1, 0.15) is 18.3 Å². The van der Waals surface area contributed by atoms with Crippen molar-refractivity contribution in [3.05, 3.63) is 35.9 Å². The smallest absolute Gasteiger partial charge is 0.186 e. The van der Waals surface area contributed by atoms with Gasteiger partial charge in [-0.05, 0) is 6.92 Å². The quantitative estimate of drug-likeness (QED) is 0.872. The highest BCUT2D eigenvalue weighted by Gasteiger charge is 2.51. The van der Waals surface area contributed by atoms with E-state index in [4.69, 9.17) is 18.9 Å². The molecule has 6 atom stereocenters. The molecule has 0 aromatic heterocycles. The lowest BCUT2D eigenvalue weighted by Crippen LogP contribution is -2.55. The molecule has 2 saturated heterocycles. The molecule has 1 aromatic carbocycles. The van der Waals surface area contributed by atoms with Crippen LogP contribution in [0.3, 0.4) is 0 Å². The van der Waals surface area contributed by atoms with Gasteiger partial charge < -0.3 is 24.1 Å². The van der Waals surface area contributed by atoms with E-state index in [1.165, 1.54) is 0 Å². The molecule has 0 radical (unpaired) electrons. The van der Waals surface area contributed by atoms with Crippen LogP contribution in [0.1, 0.15) is 18.8 Å². The fraction of sp³-hybridized carbons (Fsp3) is 0.571. The van der Waals surface area contributed by atoms with Crippen molar-refractivity contribution in [2.75, 3.05) is 7.11 Å². The predicted molar refractivity (Wildman–Crippen MR) is 66.3 cm³/mol. The molecule has 5 heteroatoms. The van der Waals surface area contributed by atoms with E-state index >= 15 is 0 Å². The average Bonchev–Trinajstić information content (AvgIpc) is 2.89. The molecule has 0 bridgehead atoms. The van der Waals surface area contributed by atoms with Crippen LogP contribution in [0.15, 0.2) is 30.3 Å². The average molecular weight is 266 g/mol. The zero-order valence-electron chi connectivity index (χ0n) is 10.9. The van der Waals surface area contributed by atoms with Gasteiger partial charge in [-0.25, -0.2) is 0 Å². The van der Waals surface area contributed by atoms with Crippen molar-refractivity contribution >= 4 is 0 Å². The van der Waals surface area contributed by atoms with Gasteiger partial charge in [-0.2, -0.15) is 0 Å². The molecule has 0 aliphatic carbocycles. The van der Waals surface area contributed by atoms with E-state index in [9.17, 15) is 5.11 Å².